The molecule has 0 spiro atoms. The normalized spacial score (nSPS) is 10.8. The Bertz CT molecular complexity index is 1020. The maximum absolute atomic E-state index is 12.6. The van der Waals surface area contributed by atoms with E-state index in [0.29, 0.717) is 33.5 Å². The van der Waals surface area contributed by atoms with Crippen LogP contribution < -0.4 is 5.32 Å². The zero-order valence-electron chi connectivity index (χ0n) is 12.9. The first-order valence-electron chi connectivity index (χ1n) is 7.23. The average molecular weight is 353 g/mol. The van der Waals surface area contributed by atoms with E-state index in [4.69, 9.17) is 4.52 Å². The van der Waals surface area contributed by atoms with E-state index >= 15 is 0 Å². The van der Waals surface area contributed by atoms with Gasteiger partial charge in [0.25, 0.3) is 11.8 Å². The molecule has 0 bridgehead atoms. The van der Waals surface area contributed by atoms with Crippen molar-refractivity contribution < 1.29 is 9.32 Å². The van der Waals surface area contributed by atoms with E-state index in [-0.39, 0.29) is 5.91 Å². The maximum atomic E-state index is 12.6. The molecule has 1 aromatic carbocycles. The Balaban J connectivity index is 1.59. The highest BCUT2D eigenvalue weighted by Crippen LogP contribution is 2.32. The molecule has 124 valence electrons. The zero-order valence-corrected chi connectivity index (χ0v) is 13.8. The predicted octanol–water partition coefficient (Wildman–Crippen LogP) is 2.33. The van der Waals surface area contributed by atoms with Crippen LogP contribution >= 0.6 is 11.3 Å². The number of anilines is 1. The molecular weight excluding hydrogens is 342 g/mol. The first-order chi connectivity index (χ1) is 12.2. The van der Waals surface area contributed by atoms with Gasteiger partial charge in [-0.3, -0.25) is 4.79 Å². The minimum atomic E-state index is -0.259. The van der Waals surface area contributed by atoms with E-state index < -0.39 is 0 Å². The molecule has 0 fully saturated rings. The molecule has 3 aromatic heterocycles. The Kier molecular flexibility index (Phi) is 3.78. The third-order valence-corrected chi connectivity index (χ3v) is 4.26. The molecule has 9 nitrogen and oxygen atoms in total. The summed E-state index contributed by atoms with van der Waals surface area (Å²) in [5.41, 5.74) is 1.79. The van der Waals surface area contributed by atoms with Gasteiger partial charge in [0.15, 0.2) is 5.82 Å². The monoisotopic (exact) mass is 353 g/mol. The van der Waals surface area contributed by atoms with Gasteiger partial charge in [-0.05, 0) is 47.0 Å². The number of thiophene rings is 1. The molecule has 0 saturated heterocycles. The molecule has 1 amide bonds. The largest absolute Gasteiger partial charge is 0.333 e. The number of carbonyl (C=O) groups is 1. The molecule has 0 atom stereocenters. The van der Waals surface area contributed by atoms with Gasteiger partial charge in [0.2, 0.25) is 0 Å². The van der Waals surface area contributed by atoms with Crippen LogP contribution in [0.5, 0.6) is 0 Å². The van der Waals surface area contributed by atoms with Crippen LogP contribution in [0.3, 0.4) is 0 Å². The van der Waals surface area contributed by atoms with Crippen LogP contribution in [0.1, 0.15) is 16.2 Å². The Hall–Kier alpha value is -3.40. The molecule has 0 aliphatic carbocycles. The summed E-state index contributed by atoms with van der Waals surface area (Å²) in [7, 11) is 0. The van der Waals surface area contributed by atoms with Gasteiger partial charge in [0.05, 0.1) is 11.4 Å². The van der Waals surface area contributed by atoms with E-state index in [9.17, 15) is 4.79 Å². The summed E-state index contributed by atoms with van der Waals surface area (Å²) in [5, 5.41) is 19.5. The van der Waals surface area contributed by atoms with E-state index in [2.05, 4.69) is 31.0 Å². The molecule has 10 heteroatoms. The molecular formula is C15H11N7O2S. The number of tetrazole rings is 1. The molecule has 0 saturated carbocycles. The summed E-state index contributed by atoms with van der Waals surface area (Å²) in [5.74, 6) is 0.658. The van der Waals surface area contributed by atoms with Crippen molar-refractivity contribution in [1.82, 2.24) is 30.3 Å². The third kappa shape index (κ3) is 3.02. The van der Waals surface area contributed by atoms with E-state index in [1.54, 1.807) is 31.2 Å². The summed E-state index contributed by atoms with van der Waals surface area (Å²) in [6.45, 7) is 1.74. The van der Waals surface area contributed by atoms with Gasteiger partial charge in [-0.15, -0.1) is 16.4 Å². The number of carbonyl (C=O) groups excluding carboxylic acids is 1. The molecule has 4 rings (SSSR count). The second kappa shape index (κ2) is 6.24. The number of aromatic nitrogens is 6. The highest BCUT2D eigenvalue weighted by molar-refractivity contribution is 7.14. The molecule has 1 N–H and O–H groups in total. The zero-order chi connectivity index (χ0) is 17.2. The van der Waals surface area contributed by atoms with Gasteiger partial charge in [-0.2, -0.15) is 4.98 Å². The Morgan fingerprint density at radius 3 is 3.00 bits per heavy atom. The lowest BCUT2D eigenvalue weighted by molar-refractivity contribution is 0.102. The highest BCUT2D eigenvalue weighted by Gasteiger charge is 2.16. The van der Waals surface area contributed by atoms with Crippen molar-refractivity contribution >= 4 is 22.9 Å². The topological polar surface area (TPSA) is 112 Å². The average Bonchev–Trinajstić information content (AvgIpc) is 3.36. The lowest BCUT2D eigenvalue weighted by Gasteiger charge is -2.06. The lowest BCUT2D eigenvalue weighted by Crippen LogP contribution is -2.12. The Labute approximate surface area is 145 Å². The van der Waals surface area contributed by atoms with Crippen LogP contribution in [0, 0.1) is 6.92 Å². The number of aryl methyl sites for hydroxylation is 1. The van der Waals surface area contributed by atoms with Crippen molar-refractivity contribution in [3.05, 3.63) is 53.4 Å². The lowest BCUT2D eigenvalue weighted by atomic mass is 10.2. The van der Waals surface area contributed by atoms with Gasteiger partial charge in [0.1, 0.15) is 11.2 Å². The fraction of sp³-hybridized carbons (Fsp3) is 0.0667. The molecule has 0 unspecified atom stereocenters. The Morgan fingerprint density at radius 1 is 1.32 bits per heavy atom. The first-order valence-corrected chi connectivity index (χ1v) is 8.11. The second-order valence-electron chi connectivity index (χ2n) is 5.07. The van der Waals surface area contributed by atoms with Crippen molar-refractivity contribution in [3.63, 3.8) is 0 Å². The van der Waals surface area contributed by atoms with Crippen LogP contribution in [0.15, 0.2) is 46.6 Å². The summed E-state index contributed by atoms with van der Waals surface area (Å²) >= 11 is 1.41. The first kappa shape index (κ1) is 15.1. The van der Waals surface area contributed by atoms with Gasteiger partial charge in [-0.1, -0.05) is 11.2 Å². The van der Waals surface area contributed by atoms with Crippen LogP contribution in [0.2, 0.25) is 0 Å². The number of nitrogens with one attached hydrogen (secondary N) is 1. The standard InChI is InChI=1S/C15H11N7O2S/c1-9-17-15(24-19-9)13-12(5-6-25-13)18-14(23)10-3-2-4-11(7-10)22-8-16-20-21-22/h2-8H,1H3,(H,18,23). The van der Waals surface area contributed by atoms with Crippen LogP contribution in [0.25, 0.3) is 16.5 Å². The number of amides is 1. The summed E-state index contributed by atoms with van der Waals surface area (Å²) in [6, 6.07) is 8.79. The van der Waals surface area contributed by atoms with Crippen molar-refractivity contribution in [1.29, 1.82) is 0 Å². The van der Waals surface area contributed by atoms with Gasteiger partial charge < -0.3 is 9.84 Å². The van der Waals surface area contributed by atoms with E-state index in [0.717, 1.165) is 0 Å². The second-order valence-corrected chi connectivity index (χ2v) is 5.99. The fourth-order valence-corrected chi connectivity index (χ4v) is 3.00. The molecule has 4 aromatic rings. The number of hydrogen-bond acceptors (Lipinski definition) is 8. The van der Waals surface area contributed by atoms with Crippen LogP contribution in [0.4, 0.5) is 5.69 Å². The molecule has 3 heterocycles. The summed E-state index contributed by atoms with van der Waals surface area (Å²) in [4.78, 5) is 17.5. The minimum Gasteiger partial charge on any atom is -0.333 e. The van der Waals surface area contributed by atoms with Gasteiger partial charge >= 0.3 is 0 Å². The molecule has 0 aliphatic rings. The van der Waals surface area contributed by atoms with Crippen molar-refractivity contribution in [3.8, 4) is 16.5 Å². The smallest absolute Gasteiger partial charge is 0.270 e. The van der Waals surface area contributed by atoms with Crippen molar-refractivity contribution in [2.24, 2.45) is 0 Å². The molecule has 0 radical (unpaired) electrons. The Morgan fingerprint density at radius 2 is 2.24 bits per heavy atom. The van der Waals surface area contributed by atoms with Crippen LogP contribution in [-0.4, -0.2) is 36.3 Å². The van der Waals surface area contributed by atoms with Gasteiger partial charge in [0, 0.05) is 5.56 Å². The SMILES string of the molecule is Cc1noc(-c2sccc2NC(=O)c2cccc(-n3cnnn3)c2)n1. The maximum Gasteiger partial charge on any atom is 0.270 e. The number of benzene rings is 1. The number of rotatable bonds is 4. The summed E-state index contributed by atoms with van der Waals surface area (Å²) < 4.78 is 6.66. The number of nitrogens with zero attached hydrogens (tertiary/aromatic N) is 6. The van der Waals surface area contributed by atoms with Crippen molar-refractivity contribution in [2.75, 3.05) is 5.32 Å². The number of hydrogen-bond donors (Lipinski definition) is 1. The quantitative estimate of drug-likeness (QED) is 0.599. The fourth-order valence-electron chi connectivity index (χ4n) is 2.23. The van der Waals surface area contributed by atoms with Gasteiger partial charge in [-0.25, -0.2) is 4.68 Å². The molecule has 0 aliphatic heterocycles. The third-order valence-electron chi connectivity index (χ3n) is 3.36. The van der Waals surface area contributed by atoms with E-state index in [1.807, 2.05) is 11.4 Å². The summed E-state index contributed by atoms with van der Waals surface area (Å²) in [6.07, 6.45) is 1.46. The minimum absolute atomic E-state index is 0.259. The van der Waals surface area contributed by atoms with Crippen LogP contribution in [-0.2, 0) is 0 Å². The van der Waals surface area contributed by atoms with Crippen molar-refractivity contribution in [2.45, 2.75) is 6.92 Å². The predicted molar refractivity (Wildman–Crippen MR) is 89.5 cm³/mol. The van der Waals surface area contributed by atoms with E-state index in [1.165, 1.54) is 22.3 Å². The molecule has 25 heavy (non-hydrogen) atoms. The highest BCUT2D eigenvalue weighted by atomic mass is 32.1.